The van der Waals surface area contributed by atoms with Crippen molar-refractivity contribution in [1.82, 2.24) is 9.55 Å². The third kappa shape index (κ3) is 4.18. The molecule has 0 bridgehead atoms. The Balaban J connectivity index is 1.92. The summed E-state index contributed by atoms with van der Waals surface area (Å²) in [5.41, 5.74) is 6.20. The number of fused-ring (bicyclic) bond motifs is 1. The molecular formula is C22H20FIN4O4. The molecule has 4 rings (SSSR count). The third-order valence-corrected chi connectivity index (χ3v) is 5.90. The number of esters is 1. The van der Waals surface area contributed by atoms with Gasteiger partial charge >= 0.3 is 5.97 Å². The highest BCUT2D eigenvalue weighted by molar-refractivity contribution is 14.1. The van der Waals surface area contributed by atoms with Crippen LogP contribution in [0.5, 0.6) is 0 Å². The second-order valence-corrected chi connectivity index (χ2v) is 9.01. The first kappa shape index (κ1) is 22.2. The number of imidazole rings is 1. The number of hydrogen-bond acceptors (Lipinski definition) is 6. The topological polar surface area (TPSA) is 116 Å². The summed E-state index contributed by atoms with van der Waals surface area (Å²) >= 11 is 2.16. The number of benzene rings is 2. The Morgan fingerprint density at radius 2 is 2.03 bits per heavy atom. The van der Waals surface area contributed by atoms with Gasteiger partial charge in [-0.05, 0) is 78.1 Å². The van der Waals surface area contributed by atoms with Crippen molar-refractivity contribution < 1.29 is 23.5 Å². The molecular weight excluding hydrogens is 530 g/mol. The van der Waals surface area contributed by atoms with Gasteiger partial charge in [0, 0.05) is 16.2 Å². The van der Waals surface area contributed by atoms with Gasteiger partial charge in [0.1, 0.15) is 5.52 Å². The van der Waals surface area contributed by atoms with Crippen molar-refractivity contribution in [2.75, 3.05) is 11.9 Å². The van der Waals surface area contributed by atoms with Gasteiger partial charge in [-0.2, -0.15) is 0 Å². The van der Waals surface area contributed by atoms with Gasteiger partial charge in [-0.1, -0.05) is 0 Å². The Labute approximate surface area is 196 Å². The minimum Gasteiger partial charge on any atom is -0.462 e. The summed E-state index contributed by atoms with van der Waals surface area (Å²) in [5.74, 6) is -3.35. The summed E-state index contributed by atoms with van der Waals surface area (Å²) < 4.78 is 23.0. The van der Waals surface area contributed by atoms with Gasteiger partial charge in [0.2, 0.25) is 11.7 Å². The summed E-state index contributed by atoms with van der Waals surface area (Å²) in [6.45, 7) is 3.26. The van der Waals surface area contributed by atoms with E-state index in [1.165, 1.54) is 13.0 Å². The zero-order valence-electron chi connectivity index (χ0n) is 17.4. The molecule has 1 fully saturated rings. The minimum atomic E-state index is -0.989. The van der Waals surface area contributed by atoms with Crippen LogP contribution in [0.1, 0.15) is 51.1 Å². The molecule has 0 aliphatic heterocycles. The molecule has 32 heavy (non-hydrogen) atoms. The number of rotatable bonds is 6. The lowest BCUT2D eigenvalue weighted by atomic mass is 10.1. The van der Waals surface area contributed by atoms with E-state index in [2.05, 4.69) is 32.9 Å². The zero-order chi connectivity index (χ0) is 23.2. The smallest absolute Gasteiger partial charge is 0.340 e. The first-order valence-electron chi connectivity index (χ1n) is 9.93. The lowest BCUT2D eigenvalue weighted by molar-refractivity contribution is 0.0487. The number of carbonyl (C=O) groups excluding carboxylic acids is 3. The van der Waals surface area contributed by atoms with E-state index < -0.39 is 29.4 Å². The molecule has 1 heterocycles. The molecule has 10 heteroatoms. The van der Waals surface area contributed by atoms with Gasteiger partial charge < -0.3 is 15.8 Å². The largest absolute Gasteiger partial charge is 0.462 e. The number of primary amides is 1. The van der Waals surface area contributed by atoms with Crippen LogP contribution in [-0.4, -0.2) is 33.9 Å². The molecule has 0 unspecified atom stereocenters. The van der Waals surface area contributed by atoms with Crippen molar-refractivity contribution in [2.24, 2.45) is 11.7 Å². The van der Waals surface area contributed by atoms with Crippen molar-refractivity contribution in [3.63, 3.8) is 0 Å². The molecule has 1 aliphatic rings. The maximum atomic E-state index is 15.9. The van der Waals surface area contributed by atoms with Crippen LogP contribution in [-0.2, 0) is 4.74 Å². The Hall–Kier alpha value is -3.02. The molecule has 2 aromatic carbocycles. The number of anilines is 2. The number of ether oxygens (including phenoxy) is 1. The van der Waals surface area contributed by atoms with E-state index in [4.69, 9.17) is 10.5 Å². The molecule has 3 N–H and O–H groups in total. The van der Waals surface area contributed by atoms with E-state index in [-0.39, 0.29) is 28.9 Å². The monoisotopic (exact) mass is 550 g/mol. The Kier molecular flexibility index (Phi) is 5.89. The Morgan fingerprint density at radius 1 is 1.31 bits per heavy atom. The van der Waals surface area contributed by atoms with E-state index in [9.17, 15) is 14.4 Å². The molecule has 0 saturated heterocycles. The summed E-state index contributed by atoms with van der Waals surface area (Å²) in [6.07, 6.45) is 1.97. The average Bonchev–Trinajstić information content (AvgIpc) is 3.46. The van der Waals surface area contributed by atoms with Crippen molar-refractivity contribution in [2.45, 2.75) is 26.7 Å². The number of halogens is 2. The van der Waals surface area contributed by atoms with Gasteiger partial charge in [0.15, 0.2) is 5.82 Å². The summed E-state index contributed by atoms with van der Waals surface area (Å²) in [6, 6.07) is 6.80. The molecule has 166 valence electrons. The van der Waals surface area contributed by atoms with Crippen LogP contribution in [0.15, 0.2) is 24.3 Å². The predicted molar refractivity (Wildman–Crippen MR) is 125 cm³/mol. The molecule has 0 spiro atoms. The van der Waals surface area contributed by atoms with Crippen molar-refractivity contribution in [3.8, 4) is 0 Å². The Morgan fingerprint density at radius 3 is 2.62 bits per heavy atom. The molecule has 1 amide bonds. The number of nitrogens with two attached hydrogens (primary N) is 1. The standard InChI is InChI=1S/C22H20FIN4O4/c1-10-7-13(24)5-6-15(10)26-18-14(22(31)32-9-12-3-4-12)8-16-19(17(18)23)28(11(2)29)21(27-16)20(25)30/h5-8,12,26H,3-4,9H2,1-2H3,(H2,25,30). The van der Waals surface area contributed by atoms with Gasteiger partial charge in [0.25, 0.3) is 5.91 Å². The van der Waals surface area contributed by atoms with Gasteiger partial charge in [-0.25, -0.2) is 14.2 Å². The first-order chi connectivity index (χ1) is 15.2. The van der Waals surface area contributed by atoms with Crippen LogP contribution in [0, 0.1) is 22.2 Å². The molecule has 0 atom stereocenters. The highest BCUT2D eigenvalue weighted by Crippen LogP contribution is 2.35. The molecule has 3 aromatic rings. The van der Waals surface area contributed by atoms with Crippen LogP contribution >= 0.6 is 22.6 Å². The van der Waals surface area contributed by atoms with Gasteiger partial charge in [-0.3, -0.25) is 14.2 Å². The van der Waals surface area contributed by atoms with Gasteiger partial charge in [0.05, 0.1) is 23.4 Å². The van der Waals surface area contributed by atoms with E-state index in [1.54, 1.807) is 6.07 Å². The van der Waals surface area contributed by atoms with Crippen LogP contribution in [0.3, 0.4) is 0 Å². The average molecular weight is 550 g/mol. The fourth-order valence-corrected chi connectivity index (χ4v) is 4.05. The minimum absolute atomic E-state index is 0.0465. The maximum absolute atomic E-state index is 15.9. The number of amides is 1. The van der Waals surface area contributed by atoms with E-state index >= 15 is 4.39 Å². The number of aromatic nitrogens is 2. The maximum Gasteiger partial charge on any atom is 0.340 e. The number of aryl methyl sites for hydroxylation is 1. The Bertz CT molecular complexity index is 1280. The second-order valence-electron chi connectivity index (χ2n) is 7.76. The normalized spacial score (nSPS) is 13.2. The van der Waals surface area contributed by atoms with Crippen LogP contribution in [0.2, 0.25) is 0 Å². The summed E-state index contributed by atoms with van der Waals surface area (Å²) in [7, 11) is 0. The van der Waals surface area contributed by atoms with Crippen molar-refractivity contribution >= 4 is 62.8 Å². The van der Waals surface area contributed by atoms with Crippen LogP contribution < -0.4 is 11.1 Å². The first-order valence-corrected chi connectivity index (χ1v) is 11.0. The number of carbonyl (C=O) groups is 3. The van der Waals surface area contributed by atoms with Crippen molar-refractivity contribution in [1.29, 1.82) is 0 Å². The van der Waals surface area contributed by atoms with E-state index in [1.807, 2.05) is 19.1 Å². The molecule has 8 nitrogen and oxygen atoms in total. The predicted octanol–water partition coefficient (Wildman–Crippen LogP) is 4.16. The lowest BCUT2D eigenvalue weighted by Crippen LogP contribution is -2.21. The highest BCUT2D eigenvalue weighted by atomic mass is 127. The quantitative estimate of drug-likeness (QED) is 0.352. The second kappa shape index (κ2) is 8.49. The fraction of sp³-hybridized carbons (Fsp3) is 0.273. The van der Waals surface area contributed by atoms with E-state index in [0.717, 1.165) is 26.5 Å². The van der Waals surface area contributed by atoms with E-state index in [0.29, 0.717) is 11.6 Å². The summed E-state index contributed by atoms with van der Waals surface area (Å²) in [5, 5.41) is 2.97. The lowest BCUT2D eigenvalue weighted by Gasteiger charge is -2.16. The molecule has 1 aliphatic carbocycles. The zero-order valence-corrected chi connectivity index (χ0v) is 19.5. The number of nitrogens with one attached hydrogen (secondary N) is 1. The molecule has 0 radical (unpaired) electrons. The number of nitrogens with zero attached hydrogens (tertiary/aromatic N) is 2. The molecule has 1 saturated carbocycles. The number of hydrogen-bond donors (Lipinski definition) is 2. The van der Waals surface area contributed by atoms with Crippen molar-refractivity contribution in [3.05, 3.63) is 50.6 Å². The van der Waals surface area contributed by atoms with Crippen LogP contribution in [0.25, 0.3) is 11.0 Å². The third-order valence-electron chi connectivity index (χ3n) is 5.23. The van der Waals surface area contributed by atoms with Crippen LogP contribution in [0.4, 0.5) is 15.8 Å². The summed E-state index contributed by atoms with van der Waals surface area (Å²) in [4.78, 5) is 40.9. The highest BCUT2D eigenvalue weighted by Gasteiger charge is 2.29. The van der Waals surface area contributed by atoms with Gasteiger partial charge in [-0.15, -0.1) is 0 Å². The SMILES string of the molecule is CC(=O)n1c(C(N)=O)nc2cc(C(=O)OCC3CC3)c(Nc3ccc(I)cc3C)c(F)c21. The molecule has 1 aromatic heterocycles. The fourth-order valence-electron chi connectivity index (χ4n) is 3.41.